The van der Waals surface area contributed by atoms with Crippen LogP contribution < -0.4 is 0 Å². The largest absolute Gasteiger partial charge is 0.392 e. The minimum Gasteiger partial charge on any atom is -0.392 e. The zero-order valence-electron chi connectivity index (χ0n) is 18.6. The number of hydrogen-bond acceptors (Lipinski definition) is 3. The van der Waals surface area contributed by atoms with Crippen LogP contribution >= 0.6 is 0 Å². The van der Waals surface area contributed by atoms with Gasteiger partial charge in [-0.15, -0.1) is 0 Å². The molecule has 0 radical (unpaired) electrons. The minimum atomic E-state index is -0.621. The molecule has 0 aromatic rings. The summed E-state index contributed by atoms with van der Waals surface area (Å²) in [6, 6.07) is 0. The van der Waals surface area contributed by atoms with E-state index in [4.69, 9.17) is 0 Å². The van der Waals surface area contributed by atoms with Crippen LogP contribution in [0.25, 0.3) is 0 Å². The van der Waals surface area contributed by atoms with Gasteiger partial charge in [0, 0.05) is 5.92 Å². The van der Waals surface area contributed by atoms with Crippen LogP contribution in [0, 0.1) is 17.8 Å². The third-order valence-electron chi connectivity index (χ3n) is 6.44. The summed E-state index contributed by atoms with van der Waals surface area (Å²) in [6.45, 7) is 5.25. The summed E-state index contributed by atoms with van der Waals surface area (Å²) in [6.07, 6.45) is 20.4. The van der Waals surface area contributed by atoms with E-state index in [9.17, 15) is 10.2 Å². The Kier molecular flexibility index (Phi) is 9.46. The van der Waals surface area contributed by atoms with E-state index in [0.29, 0.717) is 18.3 Å². The van der Waals surface area contributed by atoms with Crippen LogP contribution in [0.2, 0.25) is 0 Å². The van der Waals surface area contributed by atoms with Crippen LogP contribution in [0.3, 0.4) is 0 Å². The molecule has 28 heavy (non-hydrogen) atoms. The Morgan fingerprint density at radius 1 is 1.21 bits per heavy atom. The van der Waals surface area contributed by atoms with E-state index in [2.05, 4.69) is 56.3 Å². The van der Waals surface area contributed by atoms with Gasteiger partial charge in [0.05, 0.1) is 11.7 Å². The Balaban J connectivity index is 1.79. The number of aliphatic hydroxyl groups excluding tert-OH is 1. The van der Waals surface area contributed by atoms with Gasteiger partial charge < -0.3 is 15.1 Å². The fraction of sp³-hybridized carbons (Fsp3) is 0.760. The molecule has 160 valence electrons. The maximum absolute atomic E-state index is 10.5. The molecule has 0 heterocycles. The van der Waals surface area contributed by atoms with Crippen molar-refractivity contribution < 1.29 is 10.2 Å². The number of nitrogens with zero attached hydrogens (tertiary/aromatic N) is 1. The Bertz CT molecular complexity index is 547. The molecular formula is C25H43NO2. The van der Waals surface area contributed by atoms with Gasteiger partial charge in [-0.2, -0.15) is 0 Å². The van der Waals surface area contributed by atoms with Crippen molar-refractivity contribution in [3.63, 3.8) is 0 Å². The first kappa shape index (κ1) is 23.4. The van der Waals surface area contributed by atoms with Gasteiger partial charge >= 0.3 is 0 Å². The second-order valence-electron chi connectivity index (χ2n) is 9.59. The molecule has 0 spiro atoms. The SMILES string of the molecule is CCCC[C@](C)(O)C/C=C/[C@@H]1[C@H]2CC(/C=C\CCCCN(C)C)=C[C@H]2C[C@H]1O. The summed E-state index contributed by atoms with van der Waals surface area (Å²) in [5.41, 5.74) is 0.826. The monoisotopic (exact) mass is 389 g/mol. The molecule has 0 saturated heterocycles. The highest BCUT2D eigenvalue weighted by Gasteiger charge is 2.42. The van der Waals surface area contributed by atoms with Crippen molar-refractivity contribution in [2.24, 2.45) is 17.8 Å². The number of aliphatic hydroxyl groups is 2. The topological polar surface area (TPSA) is 43.7 Å². The molecule has 0 aromatic carbocycles. The minimum absolute atomic E-state index is 0.231. The van der Waals surface area contributed by atoms with Crippen LogP contribution in [0.1, 0.15) is 71.6 Å². The van der Waals surface area contributed by atoms with Gasteiger partial charge in [0.15, 0.2) is 0 Å². The number of hydrogen-bond donors (Lipinski definition) is 2. The number of unbranched alkanes of at least 4 members (excludes halogenated alkanes) is 3. The molecule has 0 amide bonds. The maximum atomic E-state index is 10.5. The zero-order chi connectivity index (χ0) is 20.6. The summed E-state index contributed by atoms with van der Waals surface area (Å²) in [4.78, 5) is 2.24. The predicted molar refractivity (Wildman–Crippen MR) is 119 cm³/mol. The van der Waals surface area contributed by atoms with E-state index in [1.807, 2.05) is 6.92 Å². The third-order valence-corrected chi connectivity index (χ3v) is 6.44. The fourth-order valence-corrected chi connectivity index (χ4v) is 4.73. The average molecular weight is 390 g/mol. The van der Waals surface area contributed by atoms with Crippen molar-refractivity contribution in [1.82, 2.24) is 4.90 Å². The summed E-state index contributed by atoms with van der Waals surface area (Å²) >= 11 is 0. The van der Waals surface area contributed by atoms with Crippen LogP contribution in [0.5, 0.6) is 0 Å². The highest BCUT2D eigenvalue weighted by molar-refractivity contribution is 5.28. The van der Waals surface area contributed by atoms with Gasteiger partial charge in [-0.05, 0) is 84.3 Å². The Labute approximate surface area is 173 Å². The van der Waals surface area contributed by atoms with Crippen LogP contribution in [0.15, 0.2) is 36.0 Å². The van der Waals surface area contributed by atoms with Crippen molar-refractivity contribution in [1.29, 1.82) is 0 Å². The molecule has 3 nitrogen and oxygen atoms in total. The Morgan fingerprint density at radius 3 is 2.71 bits per heavy atom. The smallest absolute Gasteiger partial charge is 0.0654 e. The summed E-state index contributed by atoms with van der Waals surface area (Å²) in [5.74, 6) is 1.27. The lowest BCUT2D eigenvalue weighted by molar-refractivity contribution is 0.0513. The van der Waals surface area contributed by atoms with Crippen molar-refractivity contribution in [2.75, 3.05) is 20.6 Å². The molecule has 2 aliphatic rings. The van der Waals surface area contributed by atoms with E-state index >= 15 is 0 Å². The van der Waals surface area contributed by atoms with E-state index in [1.54, 1.807) is 0 Å². The molecule has 3 heteroatoms. The molecule has 0 bridgehead atoms. The Morgan fingerprint density at radius 2 is 2.00 bits per heavy atom. The number of fused-ring (bicyclic) bond motifs is 1. The van der Waals surface area contributed by atoms with Gasteiger partial charge in [-0.1, -0.05) is 55.7 Å². The first-order valence-electron chi connectivity index (χ1n) is 11.4. The second-order valence-corrected chi connectivity index (χ2v) is 9.59. The standard InChI is InChI=1S/C25H43NO2/c1-5-6-14-25(2,28)15-11-13-22-23-18-20(17-21(23)19-24(22)27)12-9-7-8-10-16-26(3)4/h9,11-13,17,21-24,27-28H,5-8,10,14-16,18-19H2,1-4H3/b12-9-,13-11+/t21-,22+,23-,24+,25-/m0/s1. The van der Waals surface area contributed by atoms with Crippen molar-refractivity contribution in [2.45, 2.75) is 83.3 Å². The summed E-state index contributed by atoms with van der Waals surface area (Å²) in [7, 11) is 4.26. The van der Waals surface area contributed by atoms with Crippen molar-refractivity contribution in [3.05, 3.63) is 36.0 Å². The molecule has 0 aromatic heterocycles. The van der Waals surface area contributed by atoms with Gasteiger partial charge in [-0.3, -0.25) is 0 Å². The van der Waals surface area contributed by atoms with Crippen LogP contribution in [0.4, 0.5) is 0 Å². The molecule has 1 fully saturated rings. The summed E-state index contributed by atoms with van der Waals surface area (Å²) in [5, 5.41) is 21.0. The Hall–Kier alpha value is -0.900. The lowest BCUT2D eigenvalue weighted by Crippen LogP contribution is -2.23. The van der Waals surface area contributed by atoms with Gasteiger partial charge in [-0.25, -0.2) is 0 Å². The highest BCUT2D eigenvalue weighted by Crippen LogP contribution is 2.47. The third kappa shape index (κ3) is 7.50. The predicted octanol–water partition coefficient (Wildman–Crippen LogP) is 5.11. The van der Waals surface area contributed by atoms with Crippen molar-refractivity contribution >= 4 is 0 Å². The fourth-order valence-electron chi connectivity index (χ4n) is 4.73. The molecule has 0 unspecified atom stereocenters. The van der Waals surface area contributed by atoms with E-state index < -0.39 is 5.60 Å². The second kappa shape index (κ2) is 11.3. The van der Waals surface area contributed by atoms with Crippen LogP contribution in [-0.4, -0.2) is 47.5 Å². The highest BCUT2D eigenvalue weighted by atomic mass is 16.3. The van der Waals surface area contributed by atoms with Crippen molar-refractivity contribution in [3.8, 4) is 0 Å². The number of allylic oxidation sites excluding steroid dienone is 4. The first-order valence-corrected chi connectivity index (χ1v) is 11.4. The van der Waals surface area contributed by atoms with E-state index in [1.165, 1.54) is 18.4 Å². The van der Waals surface area contributed by atoms with E-state index in [0.717, 1.165) is 45.1 Å². The molecule has 2 N–H and O–H groups in total. The lowest BCUT2D eigenvalue weighted by Gasteiger charge is -2.22. The molecule has 2 rings (SSSR count). The lowest BCUT2D eigenvalue weighted by atomic mass is 9.88. The maximum Gasteiger partial charge on any atom is 0.0654 e. The molecular weight excluding hydrogens is 346 g/mol. The molecule has 5 atom stereocenters. The normalized spacial score (nSPS) is 29.8. The zero-order valence-corrected chi connectivity index (χ0v) is 18.6. The van der Waals surface area contributed by atoms with Gasteiger partial charge in [0.2, 0.25) is 0 Å². The first-order chi connectivity index (χ1) is 13.3. The van der Waals surface area contributed by atoms with Gasteiger partial charge in [0.1, 0.15) is 0 Å². The van der Waals surface area contributed by atoms with Crippen LogP contribution in [-0.2, 0) is 0 Å². The van der Waals surface area contributed by atoms with Gasteiger partial charge in [0.25, 0.3) is 0 Å². The quantitative estimate of drug-likeness (QED) is 0.360. The average Bonchev–Trinajstić information content (AvgIpc) is 3.13. The van der Waals surface area contributed by atoms with E-state index in [-0.39, 0.29) is 12.0 Å². The molecule has 1 saturated carbocycles. The molecule has 2 aliphatic carbocycles. The summed E-state index contributed by atoms with van der Waals surface area (Å²) < 4.78 is 0. The molecule has 0 aliphatic heterocycles. The number of rotatable bonds is 12.